The van der Waals surface area contributed by atoms with Gasteiger partial charge in [0.1, 0.15) is 5.69 Å². The summed E-state index contributed by atoms with van der Waals surface area (Å²) in [5.41, 5.74) is 3.12. The van der Waals surface area contributed by atoms with Crippen LogP contribution in [0.25, 0.3) is 0 Å². The molecule has 7 heteroatoms. The minimum Gasteiger partial charge on any atom is -0.460 e. The van der Waals surface area contributed by atoms with Gasteiger partial charge in [0.05, 0.1) is 18.8 Å². The lowest BCUT2D eigenvalue weighted by molar-refractivity contribution is -0.115. The number of anilines is 2. The van der Waals surface area contributed by atoms with Crippen molar-refractivity contribution in [3.8, 4) is 6.01 Å². The molecule has 30 heavy (non-hydrogen) atoms. The van der Waals surface area contributed by atoms with Crippen molar-refractivity contribution in [1.29, 1.82) is 0 Å². The number of carbonyl (C=O) groups excluding carboxylic acids is 1. The number of nitrogens with zero attached hydrogens (tertiary/aromatic N) is 4. The summed E-state index contributed by atoms with van der Waals surface area (Å²) in [5, 5.41) is 2.87. The summed E-state index contributed by atoms with van der Waals surface area (Å²) >= 11 is 0. The lowest BCUT2D eigenvalue weighted by Gasteiger charge is -2.30. The van der Waals surface area contributed by atoms with E-state index in [-0.39, 0.29) is 18.6 Å². The van der Waals surface area contributed by atoms with Gasteiger partial charge in [-0.3, -0.25) is 9.69 Å². The maximum absolute atomic E-state index is 12.2. The molecule has 0 aliphatic carbocycles. The zero-order valence-corrected chi connectivity index (χ0v) is 17.9. The number of benzene rings is 1. The molecule has 7 nitrogen and oxygen atoms in total. The van der Waals surface area contributed by atoms with Gasteiger partial charge in [0.25, 0.3) is 0 Å². The molecule has 1 aromatic heterocycles. The lowest BCUT2D eigenvalue weighted by atomic mass is 10.1. The molecule has 4 rings (SSSR count). The third-order valence-corrected chi connectivity index (χ3v) is 5.63. The zero-order chi connectivity index (χ0) is 20.9. The van der Waals surface area contributed by atoms with Crippen molar-refractivity contribution in [2.24, 2.45) is 0 Å². The maximum atomic E-state index is 12.2. The molecule has 0 spiro atoms. The molecule has 2 aliphatic rings. The normalized spacial score (nSPS) is 17.5. The SMILES string of the molecule is CCCC(C)Oc1ncc2c(n1)N(Cc1cccc(CN3CCCC3)c1)CC(=O)N2. The molecule has 0 bridgehead atoms. The molecule has 1 N–H and O–H groups in total. The molecular formula is C23H31N5O2. The van der Waals surface area contributed by atoms with Gasteiger partial charge in [-0.25, -0.2) is 4.98 Å². The van der Waals surface area contributed by atoms with E-state index in [0.717, 1.165) is 19.4 Å². The number of hydrogen-bond donors (Lipinski definition) is 1. The van der Waals surface area contributed by atoms with Crippen LogP contribution in [0.2, 0.25) is 0 Å². The number of nitrogens with one attached hydrogen (secondary N) is 1. The molecule has 2 aliphatic heterocycles. The standard InChI is InChI=1S/C23H31N5O2/c1-3-7-17(2)30-23-24-13-20-22(26-23)28(16-21(29)25-20)15-19-9-6-8-18(12-19)14-27-10-4-5-11-27/h6,8-9,12-13,17H,3-5,7,10-11,14-16H2,1-2H3,(H,25,29). The van der Waals surface area contributed by atoms with E-state index < -0.39 is 0 Å². The highest BCUT2D eigenvalue weighted by molar-refractivity contribution is 6.00. The Morgan fingerprint density at radius 3 is 2.73 bits per heavy atom. The Labute approximate surface area is 178 Å². The molecule has 1 fully saturated rings. The summed E-state index contributed by atoms with van der Waals surface area (Å²) in [4.78, 5) is 25.6. The maximum Gasteiger partial charge on any atom is 0.318 e. The molecular weight excluding hydrogens is 378 g/mol. The molecule has 1 amide bonds. The van der Waals surface area contributed by atoms with Gasteiger partial charge in [0.2, 0.25) is 5.91 Å². The second-order valence-electron chi connectivity index (χ2n) is 8.31. The van der Waals surface area contributed by atoms with Crippen LogP contribution >= 0.6 is 0 Å². The molecule has 0 saturated carbocycles. The fourth-order valence-corrected chi connectivity index (χ4v) is 4.20. The minimum absolute atomic E-state index is 0.0488. The largest absolute Gasteiger partial charge is 0.460 e. The summed E-state index contributed by atoms with van der Waals surface area (Å²) in [6.45, 7) is 8.39. The first kappa shape index (κ1) is 20.6. The van der Waals surface area contributed by atoms with Gasteiger partial charge in [-0.15, -0.1) is 0 Å². The van der Waals surface area contributed by atoms with Crippen molar-refractivity contribution in [2.45, 2.75) is 58.7 Å². The van der Waals surface area contributed by atoms with Crippen LogP contribution in [-0.4, -0.2) is 46.5 Å². The van der Waals surface area contributed by atoms with Gasteiger partial charge in [0.15, 0.2) is 5.82 Å². The highest BCUT2D eigenvalue weighted by Crippen LogP contribution is 2.30. The topological polar surface area (TPSA) is 70.6 Å². The van der Waals surface area contributed by atoms with E-state index in [0.29, 0.717) is 24.1 Å². The molecule has 1 aromatic carbocycles. The van der Waals surface area contributed by atoms with E-state index >= 15 is 0 Å². The Bertz CT molecular complexity index is 882. The van der Waals surface area contributed by atoms with Crippen molar-refractivity contribution in [2.75, 3.05) is 29.9 Å². The highest BCUT2D eigenvalue weighted by atomic mass is 16.5. The summed E-state index contributed by atoms with van der Waals surface area (Å²) < 4.78 is 5.87. The summed E-state index contributed by atoms with van der Waals surface area (Å²) in [7, 11) is 0. The summed E-state index contributed by atoms with van der Waals surface area (Å²) in [5.74, 6) is 0.667. The van der Waals surface area contributed by atoms with Gasteiger partial charge >= 0.3 is 6.01 Å². The van der Waals surface area contributed by atoms with E-state index in [1.807, 2.05) is 11.8 Å². The fourth-order valence-electron chi connectivity index (χ4n) is 4.20. The van der Waals surface area contributed by atoms with E-state index in [2.05, 4.69) is 51.4 Å². The van der Waals surface area contributed by atoms with Crippen LogP contribution in [0.1, 0.15) is 50.7 Å². The van der Waals surface area contributed by atoms with Crippen molar-refractivity contribution in [1.82, 2.24) is 14.9 Å². The van der Waals surface area contributed by atoms with Crippen LogP contribution in [0.15, 0.2) is 30.5 Å². The van der Waals surface area contributed by atoms with Crippen molar-refractivity contribution in [3.63, 3.8) is 0 Å². The van der Waals surface area contributed by atoms with Crippen LogP contribution in [0.4, 0.5) is 11.5 Å². The van der Waals surface area contributed by atoms with Gasteiger partial charge in [-0.2, -0.15) is 4.98 Å². The van der Waals surface area contributed by atoms with Gasteiger partial charge in [-0.05, 0) is 50.4 Å². The van der Waals surface area contributed by atoms with Crippen LogP contribution in [-0.2, 0) is 17.9 Å². The number of aromatic nitrogens is 2. The Hall–Kier alpha value is -2.67. The molecule has 160 valence electrons. The number of carbonyl (C=O) groups is 1. The van der Waals surface area contributed by atoms with Crippen LogP contribution in [0.5, 0.6) is 6.01 Å². The summed E-state index contributed by atoms with van der Waals surface area (Å²) in [6, 6.07) is 9.00. The quantitative estimate of drug-likeness (QED) is 0.718. The van der Waals surface area contributed by atoms with E-state index in [1.54, 1.807) is 6.20 Å². The van der Waals surface area contributed by atoms with Crippen LogP contribution in [0, 0.1) is 0 Å². The number of rotatable bonds is 8. The van der Waals surface area contributed by atoms with E-state index in [1.165, 1.54) is 37.1 Å². The third kappa shape index (κ3) is 5.08. The smallest absolute Gasteiger partial charge is 0.318 e. The Morgan fingerprint density at radius 2 is 1.97 bits per heavy atom. The average molecular weight is 410 g/mol. The molecule has 3 heterocycles. The van der Waals surface area contributed by atoms with E-state index in [9.17, 15) is 4.79 Å². The highest BCUT2D eigenvalue weighted by Gasteiger charge is 2.25. The Balaban J connectivity index is 1.51. The average Bonchev–Trinajstić information content (AvgIpc) is 3.22. The predicted octanol–water partition coefficient (Wildman–Crippen LogP) is 3.60. The van der Waals surface area contributed by atoms with E-state index in [4.69, 9.17) is 4.74 Å². The first-order valence-corrected chi connectivity index (χ1v) is 11.0. The van der Waals surface area contributed by atoms with Crippen LogP contribution in [0.3, 0.4) is 0 Å². The first-order chi connectivity index (χ1) is 14.6. The zero-order valence-electron chi connectivity index (χ0n) is 17.9. The third-order valence-electron chi connectivity index (χ3n) is 5.63. The minimum atomic E-state index is -0.0488. The van der Waals surface area contributed by atoms with Crippen molar-refractivity contribution < 1.29 is 9.53 Å². The van der Waals surface area contributed by atoms with Crippen molar-refractivity contribution >= 4 is 17.4 Å². The number of ether oxygens (including phenoxy) is 1. The number of likely N-dealkylation sites (tertiary alicyclic amines) is 1. The Kier molecular flexibility index (Phi) is 6.47. The van der Waals surface area contributed by atoms with Gasteiger partial charge < -0.3 is 15.0 Å². The lowest BCUT2D eigenvalue weighted by Crippen LogP contribution is -2.38. The second-order valence-corrected chi connectivity index (χ2v) is 8.31. The number of hydrogen-bond acceptors (Lipinski definition) is 6. The molecule has 2 aromatic rings. The van der Waals surface area contributed by atoms with Crippen molar-refractivity contribution in [3.05, 3.63) is 41.6 Å². The first-order valence-electron chi connectivity index (χ1n) is 11.0. The monoisotopic (exact) mass is 409 g/mol. The summed E-state index contributed by atoms with van der Waals surface area (Å²) in [6.07, 6.45) is 6.28. The van der Waals surface area contributed by atoms with Crippen LogP contribution < -0.4 is 15.0 Å². The van der Waals surface area contributed by atoms with Gasteiger partial charge in [0, 0.05) is 13.1 Å². The predicted molar refractivity (Wildman–Crippen MR) is 118 cm³/mol. The molecule has 1 atom stereocenters. The van der Waals surface area contributed by atoms with Gasteiger partial charge in [-0.1, -0.05) is 37.6 Å². The fraction of sp³-hybridized carbons (Fsp3) is 0.522. The molecule has 1 saturated heterocycles. The molecule has 0 radical (unpaired) electrons. The number of amides is 1. The second kappa shape index (κ2) is 9.43. The number of fused-ring (bicyclic) bond motifs is 1. The Morgan fingerprint density at radius 1 is 1.20 bits per heavy atom. The molecule has 1 unspecified atom stereocenters.